The van der Waals surface area contributed by atoms with Gasteiger partial charge in [-0.2, -0.15) is 5.10 Å². The zero-order valence-electron chi connectivity index (χ0n) is 12.5. The SMILES string of the molecule is Cc1cc(CNC(=O)N2CCN(c3cnccn3)CC2)n[nH]1. The number of rotatable bonds is 3. The van der Waals surface area contributed by atoms with Crippen LogP contribution < -0.4 is 10.2 Å². The normalized spacial score (nSPS) is 15.0. The van der Waals surface area contributed by atoms with Gasteiger partial charge < -0.3 is 15.1 Å². The van der Waals surface area contributed by atoms with Crippen molar-refractivity contribution in [2.24, 2.45) is 0 Å². The van der Waals surface area contributed by atoms with E-state index in [2.05, 4.69) is 30.4 Å². The highest BCUT2D eigenvalue weighted by Crippen LogP contribution is 2.11. The molecule has 1 fully saturated rings. The quantitative estimate of drug-likeness (QED) is 0.863. The Kier molecular flexibility index (Phi) is 4.17. The monoisotopic (exact) mass is 301 g/mol. The summed E-state index contributed by atoms with van der Waals surface area (Å²) >= 11 is 0. The number of nitrogens with zero attached hydrogens (tertiary/aromatic N) is 5. The lowest BCUT2D eigenvalue weighted by molar-refractivity contribution is 0.193. The topological polar surface area (TPSA) is 90.0 Å². The number of amides is 2. The van der Waals surface area contributed by atoms with E-state index >= 15 is 0 Å². The second-order valence-electron chi connectivity index (χ2n) is 5.24. The fraction of sp³-hybridized carbons (Fsp3) is 0.429. The molecule has 1 saturated heterocycles. The molecule has 0 spiro atoms. The molecule has 3 heterocycles. The number of aromatic nitrogens is 4. The first-order valence-corrected chi connectivity index (χ1v) is 7.27. The van der Waals surface area contributed by atoms with Gasteiger partial charge in [0, 0.05) is 44.3 Å². The van der Waals surface area contributed by atoms with Gasteiger partial charge in [-0.15, -0.1) is 0 Å². The van der Waals surface area contributed by atoms with Crippen molar-refractivity contribution in [1.82, 2.24) is 30.4 Å². The lowest BCUT2D eigenvalue weighted by Crippen LogP contribution is -2.51. The first kappa shape index (κ1) is 14.3. The molecule has 2 aromatic heterocycles. The number of carbonyl (C=O) groups excluding carboxylic acids is 1. The van der Waals surface area contributed by atoms with Crippen LogP contribution in [0.4, 0.5) is 10.6 Å². The lowest BCUT2D eigenvalue weighted by atomic mass is 10.3. The van der Waals surface area contributed by atoms with Crippen LogP contribution in [0.1, 0.15) is 11.4 Å². The van der Waals surface area contributed by atoms with Gasteiger partial charge in [-0.05, 0) is 13.0 Å². The van der Waals surface area contributed by atoms with Gasteiger partial charge in [-0.25, -0.2) is 9.78 Å². The molecule has 2 amide bonds. The van der Waals surface area contributed by atoms with Crippen LogP contribution in [0.2, 0.25) is 0 Å². The van der Waals surface area contributed by atoms with Crippen molar-refractivity contribution in [3.8, 4) is 0 Å². The standard InChI is InChI=1S/C14H19N7O/c1-11-8-12(19-18-11)9-17-14(22)21-6-4-20(5-7-21)13-10-15-2-3-16-13/h2-3,8,10H,4-7,9H2,1H3,(H,17,22)(H,18,19). The van der Waals surface area contributed by atoms with Gasteiger partial charge in [0.1, 0.15) is 5.82 Å². The molecule has 8 nitrogen and oxygen atoms in total. The summed E-state index contributed by atoms with van der Waals surface area (Å²) in [5, 5.41) is 9.86. The Morgan fingerprint density at radius 3 is 2.77 bits per heavy atom. The third kappa shape index (κ3) is 3.33. The maximum absolute atomic E-state index is 12.2. The summed E-state index contributed by atoms with van der Waals surface area (Å²) in [5.41, 5.74) is 1.82. The molecule has 0 saturated carbocycles. The maximum atomic E-state index is 12.2. The zero-order chi connectivity index (χ0) is 15.4. The van der Waals surface area contributed by atoms with E-state index in [0.29, 0.717) is 19.6 Å². The molecule has 2 aromatic rings. The van der Waals surface area contributed by atoms with Crippen molar-refractivity contribution in [2.75, 3.05) is 31.1 Å². The highest BCUT2D eigenvalue weighted by atomic mass is 16.2. The molecule has 0 aliphatic carbocycles. The highest BCUT2D eigenvalue weighted by Gasteiger charge is 2.21. The summed E-state index contributed by atoms with van der Waals surface area (Å²) in [7, 11) is 0. The molecule has 0 radical (unpaired) electrons. The van der Waals surface area contributed by atoms with Crippen molar-refractivity contribution in [3.63, 3.8) is 0 Å². The second kappa shape index (κ2) is 6.42. The van der Waals surface area contributed by atoms with E-state index in [1.54, 1.807) is 18.6 Å². The molecule has 0 aromatic carbocycles. The van der Waals surface area contributed by atoms with E-state index in [9.17, 15) is 4.79 Å². The first-order chi connectivity index (χ1) is 10.7. The van der Waals surface area contributed by atoms with Crippen LogP contribution in [-0.2, 0) is 6.54 Å². The molecule has 0 atom stereocenters. The number of H-pyrrole nitrogens is 1. The number of urea groups is 1. The number of aryl methyl sites for hydroxylation is 1. The Hall–Kier alpha value is -2.64. The maximum Gasteiger partial charge on any atom is 0.317 e. The molecular weight excluding hydrogens is 282 g/mol. The molecule has 22 heavy (non-hydrogen) atoms. The van der Waals surface area contributed by atoms with Crippen LogP contribution in [-0.4, -0.2) is 57.3 Å². The summed E-state index contributed by atoms with van der Waals surface area (Å²) in [6, 6.07) is 1.87. The van der Waals surface area contributed by atoms with E-state index in [1.165, 1.54) is 0 Å². The van der Waals surface area contributed by atoms with Crippen LogP contribution in [0.15, 0.2) is 24.7 Å². The van der Waals surface area contributed by atoms with Crippen LogP contribution in [0, 0.1) is 6.92 Å². The van der Waals surface area contributed by atoms with E-state index in [-0.39, 0.29) is 6.03 Å². The van der Waals surface area contributed by atoms with Gasteiger partial charge in [0.25, 0.3) is 0 Å². The third-order valence-electron chi connectivity index (χ3n) is 3.62. The molecular formula is C14H19N7O. The Morgan fingerprint density at radius 2 is 2.14 bits per heavy atom. The van der Waals surface area contributed by atoms with E-state index in [1.807, 2.05) is 17.9 Å². The molecule has 1 aliphatic heterocycles. The van der Waals surface area contributed by atoms with Crippen LogP contribution in [0.5, 0.6) is 0 Å². The summed E-state index contributed by atoms with van der Waals surface area (Å²) in [6.45, 7) is 5.23. The lowest BCUT2D eigenvalue weighted by Gasteiger charge is -2.35. The minimum Gasteiger partial charge on any atom is -0.352 e. The van der Waals surface area contributed by atoms with Crippen LogP contribution in [0.25, 0.3) is 0 Å². The molecule has 8 heteroatoms. The van der Waals surface area contributed by atoms with Gasteiger partial charge in [-0.3, -0.25) is 10.1 Å². The predicted octanol–water partition coefficient (Wildman–Crippen LogP) is 0.540. The van der Waals surface area contributed by atoms with Crippen LogP contribution in [0.3, 0.4) is 0 Å². The molecule has 0 unspecified atom stereocenters. The van der Waals surface area contributed by atoms with Crippen molar-refractivity contribution in [3.05, 3.63) is 36.0 Å². The Morgan fingerprint density at radius 1 is 1.32 bits per heavy atom. The average molecular weight is 301 g/mol. The molecule has 116 valence electrons. The van der Waals surface area contributed by atoms with Gasteiger partial charge in [0.2, 0.25) is 0 Å². The Labute approximate surface area is 128 Å². The van der Waals surface area contributed by atoms with Gasteiger partial charge >= 0.3 is 6.03 Å². The summed E-state index contributed by atoms with van der Waals surface area (Å²) in [6.07, 6.45) is 5.08. The van der Waals surface area contributed by atoms with E-state index in [0.717, 1.165) is 30.3 Å². The number of anilines is 1. The number of piperazine rings is 1. The second-order valence-corrected chi connectivity index (χ2v) is 5.24. The third-order valence-corrected chi connectivity index (χ3v) is 3.62. The number of hydrogen-bond acceptors (Lipinski definition) is 5. The fourth-order valence-electron chi connectivity index (χ4n) is 2.44. The minimum atomic E-state index is -0.0561. The van der Waals surface area contributed by atoms with E-state index < -0.39 is 0 Å². The van der Waals surface area contributed by atoms with Gasteiger partial charge in [0.15, 0.2) is 0 Å². The molecule has 0 bridgehead atoms. The van der Waals surface area contributed by atoms with E-state index in [4.69, 9.17) is 0 Å². The average Bonchev–Trinajstić information content (AvgIpc) is 2.99. The number of carbonyl (C=O) groups is 1. The summed E-state index contributed by atoms with van der Waals surface area (Å²) < 4.78 is 0. The molecule has 3 rings (SSSR count). The molecule has 1 aliphatic rings. The Balaban J connectivity index is 1.47. The first-order valence-electron chi connectivity index (χ1n) is 7.27. The van der Waals surface area contributed by atoms with Gasteiger partial charge in [0.05, 0.1) is 18.4 Å². The van der Waals surface area contributed by atoms with Crippen molar-refractivity contribution in [2.45, 2.75) is 13.5 Å². The largest absolute Gasteiger partial charge is 0.352 e. The summed E-state index contributed by atoms with van der Waals surface area (Å²) in [4.78, 5) is 24.5. The highest BCUT2D eigenvalue weighted by molar-refractivity contribution is 5.74. The Bertz CT molecular complexity index is 619. The minimum absolute atomic E-state index is 0.0561. The number of aromatic amines is 1. The van der Waals surface area contributed by atoms with Crippen LogP contribution >= 0.6 is 0 Å². The smallest absolute Gasteiger partial charge is 0.317 e. The predicted molar refractivity (Wildman–Crippen MR) is 81.4 cm³/mol. The molecule has 2 N–H and O–H groups in total. The van der Waals surface area contributed by atoms with Crippen molar-refractivity contribution < 1.29 is 4.79 Å². The fourth-order valence-corrected chi connectivity index (χ4v) is 2.44. The van der Waals surface area contributed by atoms with Crippen molar-refractivity contribution in [1.29, 1.82) is 0 Å². The zero-order valence-corrected chi connectivity index (χ0v) is 12.5. The number of hydrogen-bond donors (Lipinski definition) is 2. The van der Waals surface area contributed by atoms with Crippen molar-refractivity contribution >= 4 is 11.8 Å². The number of nitrogens with one attached hydrogen (secondary N) is 2. The summed E-state index contributed by atoms with van der Waals surface area (Å²) in [5.74, 6) is 0.856. The van der Waals surface area contributed by atoms with Gasteiger partial charge in [-0.1, -0.05) is 0 Å².